The molecule has 6 atom stereocenters. The van der Waals surface area contributed by atoms with Crippen molar-refractivity contribution in [2.24, 2.45) is 0 Å². The van der Waals surface area contributed by atoms with Crippen LogP contribution in [0.25, 0.3) is 0 Å². The van der Waals surface area contributed by atoms with Crippen molar-refractivity contribution in [3.63, 3.8) is 0 Å². The molecule has 0 aromatic heterocycles. The molecule has 1 heterocycles. The second-order valence-corrected chi connectivity index (χ2v) is 15.8. The number of aliphatic hydroxyl groups is 4. The molecule has 1 rings (SSSR count). The summed E-state index contributed by atoms with van der Waals surface area (Å²) >= 11 is 0. The molecular formula is C49H84O10. The number of ether oxygens (including phenoxy) is 4. The quantitative estimate of drug-likeness (QED) is 0.0269. The fourth-order valence-electron chi connectivity index (χ4n) is 6.70. The molecule has 340 valence electrons. The van der Waals surface area contributed by atoms with Gasteiger partial charge in [-0.25, -0.2) is 0 Å². The molecule has 0 bridgehead atoms. The van der Waals surface area contributed by atoms with E-state index in [4.69, 9.17) is 18.9 Å². The highest BCUT2D eigenvalue weighted by atomic mass is 16.7. The lowest BCUT2D eigenvalue weighted by atomic mass is 9.99. The van der Waals surface area contributed by atoms with Crippen molar-refractivity contribution in [3.05, 3.63) is 60.8 Å². The van der Waals surface area contributed by atoms with Crippen molar-refractivity contribution in [3.8, 4) is 0 Å². The lowest BCUT2D eigenvalue weighted by Gasteiger charge is -2.39. The molecule has 2 unspecified atom stereocenters. The largest absolute Gasteiger partial charge is 0.462 e. The fourth-order valence-corrected chi connectivity index (χ4v) is 6.70. The van der Waals surface area contributed by atoms with Gasteiger partial charge in [0.15, 0.2) is 12.4 Å². The van der Waals surface area contributed by atoms with Crippen LogP contribution in [0.1, 0.15) is 181 Å². The van der Waals surface area contributed by atoms with Gasteiger partial charge < -0.3 is 39.4 Å². The first-order valence-corrected chi connectivity index (χ1v) is 23.4. The van der Waals surface area contributed by atoms with Crippen LogP contribution in [-0.4, -0.2) is 89.0 Å². The molecule has 0 saturated carbocycles. The SMILES string of the molecule is CC/C=C/C/C=C/C/C=C/CCCCCCCC(=O)OC[C@H](CO[C@@H]1O[C@H](CO)[C@H](O)C(O)C1O)OC(=O)CCCCCCCCCCC/C=C/C/C=C/CCCCC. The third kappa shape index (κ3) is 31.0. The average molecular weight is 833 g/mol. The van der Waals surface area contributed by atoms with Gasteiger partial charge in [0.25, 0.3) is 0 Å². The molecule has 0 aliphatic carbocycles. The summed E-state index contributed by atoms with van der Waals surface area (Å²) in [6, 6.07) is 0. The number of unbranched alkanes of at least 4 members (excludes halogenated alkanes) is 17. The molecule has 1 saturated heterocycles. The van der Waals surface area contributed by atoms with Crippen LogP contribution in [0.5, 0.6) is 0 Å². The van der Waals surface area contributed by atoms with Crippen molar-refractivity contribution >= 4 is 11.9 Å². The summed E-state index contributed by atoms with van der Waals surface area (Å²) in [6.07, 6.45) is 40.8. The van der Waals surface area contributed by atoms with Crippen LogP contribution in [0.4, 0.5) is 0 Å². The Morgan fingerprint density at radius 3 is 1.51 bits per heavy atom. The van der Waals surface area contributed by atoms with Crippen molar-refractivity contribution in [2.45, 2.75) is 218 Å². The molecule has 1 aliphatic rings. The topological polar surface area (TPSA) is 152 Å². The van der Waals surface area contributed by atoms with Gasteiger partial charge in [-0.05, 0) is 77.0 Å². The van der Waals surface area contributed by atoms with Crippen LogP contribution in [-0.2, 0) is 28.5 Å². The highest BCUT2D eigenvalue weighted by Crippen LogP contribution is 2.22. The fraction of sp³-hybridized carbons (Fsp3) is 0.755. The molecule has 4 N–H and O–H groups in total. The average Bonchev–Trinajstić information content (AvgIpc) is 3.23. The van der Waals surface area contributed by atoms with E-state index in [1.165, 1.54) is 57.8 Å². The van der Waals surface area contributed by atoms with Gasteiger partial charge in [0.1, 0.15) is 31.0 Å². The Bertz CT molecular complexity index is 1150. The van der Waals surface area contributed by atoms with Gasteiger partial charge in [-0.15, -0.1) is 0 Å². The number of aliphatic hydroxyl groups excluding tert-OH is 4. The highest BCUT2D eigenvalue weighted by Gasteiger charge is 2.44. The summed E-state index contributed by atoms with van der Waals surface area (Å²) in [5, 5.41) is 40.1. The molecule has 1 aliphatic heterocycles. The Balaban J connectivity index is 2.32. The van der Waals surface area contributed by atoms with Gasteiger partial charge in [-0.3, -0.25) is 9.59 Å². The van der Waals surface area contributed by atoms with E-state index in [0.717, 1.165) is 83.5 Å². The van der Waals surface area contributed by atoms with Crippen molar-refractivity contribution in [1.29, 1.82) is 0 Å². The van der Waals surface area contributed by atoms with Crippen LogP contribution in [0.15, 0.2) is 60.8 Å². The van der Waals surface area contributed by atoms with Gasteiger partial charge in [-0.1, -0.05) is 152 Å². The van der Waals surface area contributed by atoms with Gasteiger partial charge in [0.2, 0.25) is 0 Å². The molecule has 0 spiro atoms. The molecular weight excluding hydrogens is 749 g/mol. The molecule has 59 heavy (non-hydrogen) atoms. The van der Waals surface area contributed by atoms with Crippen LogP contribution >= 0.6 is 0 Å². The van der Waals surface area contributed by atoms with Gasteiger partial charge in [-0.2, -0.15) is 0 Å². The van der Waals surface area contributed by atoms with Crippen molar-refractivity contribution < 1.29 is 49.0 Å². The summed E-state index contributed by atoms with van der Waals surface area (Å²) in [7, 11) is 0. The second kappa shape index (κ2) is 39.5. The van der Waals surface area contributed by atoms with Gasteiger partial charge in [0.05, 0.1) is 13.2 Å². The normalized spacial score (nSPS) is 20.5. The Morgan fingerprint density at radius 1 is 0.542 bits per heavy atom. The Kier molecular flexibility index (Phi) is 36.5. The minimum atomic E-state index is -1.60. The third-order valence-corrected chi connectivity index (χ3v) is 10.4. The summed E-state index contributed by atoms with van der Waals surface area (Å²) < 4.78 is 22.2. The lowest BCUT2D eigenvalue weighted by molar-refractivity contribution is -0.305. The smallest absolute Gasteiger partial charge is 0.306 e. The first kappa shape index (κ1) is 54.4. The maximum atomic E-state index is 12.8. The van der Waals surface area contributed by atoms with Crippen LogP contribution in [0.3, 0.4) is 0 Å². The van der Waals surface area contributed by atoms with Crippen LogP contribution < -0.4 is 0 Å². The molecule has 10 heteroatoms. The van der Waals surface area contributed by atoms with E-state index in [2.05, 4.69) is 74.6 Å². The Hall–Kier alpha value is -2.60. The second-order valence-electron chi connectivity index (χ2n) is 15.8. The van der Waals surface area contributed by atoms with E-state index in [1.54, 1.807) is 0 Å². The van der Waals surface area contributed by atoms with Gasteiger partial charge in [0, 0.05) is 12.8 Å². The summed E-state index contributed by atoms with van der Waals surface area (Å²) in [5.74, 6) is -0.833. The predicted molar refractivity (Wildman–Crippen MR) is 238 cm³/mol. The Morgan fingerprint density at radius 2 is 1.00 bits per heavy atom. The molecule has 0 aromatic rings. The summed E-state index contributed by atoms with van der Waals surface area (Å²) in [5.41, 5.74) is 0. The third-order valence-electron chi connectivity index (χ3n) is 10.4. The zero-order chi connectivity index (χ0) is 43.0. The van der Waals surface area contributed by atoms with Gasteiger partial charge >= 0.3 is 11.9 Å². The number of carbonyl (C=O) groups is 2. The minimum absolute atomic E-state index is 0.219. The number of allylic oxidation sites excluding steroid dienone is 10. The zero-order valence-corrected chi connectivity index (χ0v) is 37.0. The maximum absolute atomic E-state index is 12.8. The van der Waals surface area contributed by atoms with E-state index >= 15 is 0 Å². The van der Waals surface area contributed by atoms with E-state index in [9.17, 15) is 30.0 Å². The predicted octanol–water partition coefficient (Wildman–Crippen LogP) is 10.2. The highest BCUT2D eigenvalue weighted by molar-refractivity contribution is 5.70. The molecule has 0 radical (unpaired) electrons. The van der Waals surface area contributed by atoms with Crippen LogP contribution in [0.2, 0.25) is 0 Å². The number of hydrogen-bond acceptors (Lipinski definition) is 10. The van der Waals surface area contributed by atoms with E-state index in [0.29, 0.717) is 12.8 Å². The van der Waals surface area contributed by atoms with Crippen molar-refractivity contribution in [1.82, 2.24) is 0 Å². The maximum Gasteiger partial charge on any atom is 0.306 e. The number of rotatable bonds is 38. The monoisotopic (exact) mass is 833 g/mol. The van der Waals surface area contributed by atoms with E-state index in [1.807, 2.05) is 0 Å². The molecule has 0 amide bonds. The standard InChI is InChI=1S/C49H84O10/c1-3-5-7-9-11-13-15-17-19-20-21-22-24-26-28-30-32-34-36-38-45(52)58-42(41-57-49-48(55)47(54)46(53)43(39-50)59-49)40-56-44(51)37-35-33-31-29-27-25-23-18-16-14-12-10-8-6-4-2/h6,8,11-14,17-19,23,42-43,46-50,53-55H,3-5,7,9-10,15-16,20-22,24-41H2,1-2H3/b8-6+,13-11+,14-12+,19-17+,23-18+/t42-,43-,46+,47?,48?,49-/m1/s1. The van der Waals surface area contributed by atoms with Crippen LogP contribution in [0, 0.1) is 0 Å². The number of esters is 2. The number of hydrogen-bond donors (Lipinski definition) is 4. The summed E-state index contributed by atoms with van der Waals surface area (Å²) in [6.45, 7) is 3.26. The van der Waals surface area contributed by atoms with Crippen molar-refractivity contribution in [2.75, 3.05) is 19.8 Å². The lowest BCUT2D eigenvalue weighted by Crippen LogP contribution is -2.59. The summed E-state index contributed by atoms with van der Waals surface area (Å²) in [4.78, 5) is 25.4. The zero-order valence-electron chi connectivity index (χ0n) is 37.0. The number of carbonyl (C=O) groups excluding carboxylic acids is 2. The Labute approximate surface area is 358 Å². The molecule has 1 fully saturated rings. The molecule has 10 nitrogen and oxygen atoms in total. The van der Waals surface area contributed by atoms with E-state index in [-0.39, 0.29) is 26.1 Å². The van der Waals surface area contributed by atoms with E-state index < -0.39 is 55.4 Å². The first-order chi connectivity index (χ1) is 28.8. The molecule has 0 aromatic carbocycles. The minimum Gasteiger partial charge on any atom is -0.462 e. The first-order valence-electron chi connectivity index (χ1n) is 23.4.